The van der Waals surface area contributed by atoms with Crippen LogP contribution >= 0.6 is 22.6 Å². The van der Waals surface area contributed by atoms with Gasteiger partial charge in [0.25, 0.3) is 12.0 Å². The Bertz CT molecular complexity index is 364. The molecule has 0 radical (unpaired) electrons. The van der Waals surface area contributed by atoms with E-state index in [0.29, 0.717) is 3.70 Å². The molecule has 0 aliphatic heterocycles. The topological polar surface area (TPSA) is 42.1 Å². The predicted molar refractivity (Wildman–Crippen MR) is 51.3 cm³/mol. The second kappa shape index (κ2) is 4.03. The minimum absolute atomic E-state index is 0.246. The number of hydrogen-bond donors (Lipinski definition) is 1. The van der Waals surface area contributed by atoms with Crippen LogP contribution in [0.15, 0.2) is 10.9 Å². The normalized spacial score (nSPS) is 10.5. The van der Waals surface area contributed by atoms with Gasteiger partial charge in [0.15, 0.2) is 0 Å². The number of halogens is 3. The number of hydrogen-bond acceptors (Lipinski definition) is 2. The summed E-state index contributed by atoms with van der Waals surface area (Å²) >= 11 is 1.80. The quantitative estimate of drug-likeness (QED) is 0.670. The smallest absolute Gasteiger partial charge is 0.269 e. The molecule has 0 unspecified atom stereocenters. The first-order valence-electron chi connectivity index (χ1n) is 3.31. The summed E-state index contributed by atoms with van der Waals surface area (Å²) in [6.07, 6.45) is -2.78. The third-order valence-electron chi connectivity index (χ3n) is 1.44. The van der Waals surface area contributed by atoms with E-state index in [2.05, 4.69) is 4.98 Å². The van der Waals surface area contributed by atoms with Gasteiger partial charge < -0.3 is 9.72 Å². The van der Waals surface area contributed by atoms with Gasteiger partial charge in [0.05, 0.1) is 12.7 Å². The zero-order valence-electron chi connectivity index (χ0n) is 6.61. The van der Waals surface area contributed by atoms with E-state index in [0.717, 1.165) is 6.07 Å². The van der Waals surface area contributed by atoms with Crippen LogP contribution in [0.25, 0.3) is 0 Å². The maximum absolute atomic E-state index is 12.2. The largest absolute Gasteiger partial charge is 0.494 e. The maximum atomic E-state index is 12.2. The molecule has 72 valence electrons. The Morgan fingerprint density at radius 3 is 2.69 bits per heavy atom. The van der Waals surface area contributed by atoms with Gasteiger partial charge in [-0.25, -0.2) is 8.78 Å². The van der Waals surface area contributed by atoms with Crippen molar-refractivity contribution in [1.29, 1.82) is 0 Å². The second-order valence-corrected chi connectivity index (χ2v) is 3.32. The molecule has 0 aliphatic carbocycles. The molecule has 0 fully saturated rings. The fourth-order valence-electron chi connectivity index (χ4n) is 0.814. The lowest BCUT2D eigenvalue weighted by atomic mass is 10.3. The zero-order valence-corrected chi connectivity index (χ0v) is 8.76. The van der Waals surface area contributed by atoms with Gasteiger partial charge in [-0.15, -0.1) is 0 Å². The highest BCUT2D eigenvalue weighted by molar-refractivity contribution is 14.1. The van der Waals surface area contributed by atoms with Crippen LogP contribution in [-0.2, 0) is 0 Å². The summed E-state index contributed by atoms with van der Waals surface area (Å²) in [5, 5.41) is 0. The zero-order chi connectivity index (χ0) is 10.0. The van der Waals surface area contributed by atoms with Crippen molar-refractivity contribution in [3.63, 3.8) is 0 Å². The molecule has 0 saturated carbocycles. The minimum atomic E-state index is -2.78. The van der Waals surface area contributed by atoms with E-state index in [4.69, 9.17) is 4.74 Å². The Morgan fingerprint density at radius 1 is 1.62 bits per heavy atom. The molecule has 0 amide bonds. The Labute approximate surface area is 86.2 Å². The molecule has 1 rings (SSSR count). The monoisotopic (exact) mass is 301 g/mol. The molecule has 1 aromatic rings. The lowest BCUT2D eigenvalue weighted by molar-refractivity contribution is 0.149. The molecule has 3 nitrogen and oxygen atoms in total. The van der Waals surface area contributed by atoms with Crippen LogP contribution in [0.3, 0.4) is 0 Å². The first-order chi connectivity index (χ1) is 6.06. The molecule has 0 spiro atoms. The maximum Gasteiger partial charge on any atom is 0.269 e. The van der Waals surface area contributed by atoms with E-state index in [-0.39, 0.29) is 5.75 Å². The molecule has 1 heterocycles. The molecule has 0 atom stereocenters. The summed E-state index contributed by atoms with van der Waals surface area (Å²) in [6.45, 7) is 0. The van der Waals surface area contributed by atoms with Crippen LogP contribution in [0.2, 0.25) is 0 Å². The van der Waals surface area contributed by atoms with Crippen molar-refractivity contribution < 1.29 is 13.5 Å². The molecule has 6 heteroatoms. The van der Waals surface area contributed by atoms with Crippen molar-refractivity contribution in [2.24, 2.45) is 0 Å². The highest BCUT2D eigenvalue weighted by Crippen LogP contribution is 2.22. The standard InChI is InChI=1S/C7H6F2INO2/c1-13-4-2-3(5(8)9)7(12)11-6(4)10/h2,5H,1H3,(H,11,12). The van der Waals surface area contributed by atoms with Gasteiger partial charge in [-0.3, -0.25) is 4.79 Å². The summed E-state index contributed by atoms with van der Waals surface area (Å²) < 4.78 is 29.6. The first kappa shape index (κ1) is 10.4. The van der Waals surface area contributed by atoms with Crippen LogP contribution in [0, 0.1) is 3.70 Å². The summed E-state index contributed by atoms with van der Waals surface area (Å²) in [7, 11) is 1.35. The molecule has 13 heavy (non-hydrogen) atoms. The summed E-state index contributed by atoms with van der Waals surface area (Å²) in [5.74, 6) is 0.246. The van der Waals surface area contributed by atoms with Gasteiger partial charge in [0.2, 0.25) is 0 Å². The van der Waals surface area contributed by atoms with Crippen molar-refractivity contribution in [2.45, 2.75) is 6.43 Å². The fraction of sp³-hybridized carbons (Fsp3) is 0.286. The molecule has 0 bridgehead atoms. The summed E-state index contributed by atoms with van der Waals surface area (Å²) in [6, 6.07) is 1.05. The predicted octanol–water partition coefficient (Wildman–Crippen LogP) is 1.93. The van der Waals surface area contributed by atoms with Crippen molar-refractivity contribution in [2.75, 3.05) is 7.11 Å². The third-order valence-corrected chi connectivity index (χ3v) is 2.24. The first-order valence-corrected chi connectivity index (χ1v) is 4.39. The fourth-order valence-corrected chi connectivity index (χ4v) is 1.44. The number of nitrogens with one attached hydrogen (secondary N) is 1. The lowest BCUT2D eigenvalue weighted by Gasteiger charge is -2.04. The van der Waals surface area contributed by atoms with E-state index < -0.39 is 17.5 Å². The van der Waals surface area contributed by atoms with Crippen LogP contribution in [0.5, 0.6) is 5.75 Å². The van der Waals surface area contributed by atoms with Gasteiger partial charge in [0, 0.05) is 0 Å². The second-order valence-electron chi connectivity index (χ2n) is 2.24. The summed E-state index contributed by atoms with van der Waals surface area (Å²) in [4.78, 5) is 13.2. The van der Waals surface area contributed by atoms with E-state index >= 15 is 0 Å². The number of alkyl halides is 2. The van der Waals surface area contributed by atoms with E-state index in [1.165, 1.54) is 7.11 Å². The molecule has 0 saturated heterocycles. The third kappa shape index (κ3) is 2.17. The van der Waals surface area contributed by atoms with Crippen LogP contribution in [0.4, 0.5) is 8.78 Å². The Kier molecular flexibility index (Phi) is 3.23. The minimum Gasteiger partial charge on any atom is -0.494 e. The van der Waals surface area contributed by atoms with Gasteiger partial charge in [-0.05, 0) is 28.7 Å². The number of ether oxygens (including phenoxy) is 1. The van der Waals surface area contributed by atoms with E-state index in [1.807, 2.05) is 0 Å². The number of rotatable bonds is 2. The van der Waals surface area contributed by atoms with E-state index in [9.17, 15) is 13.6 Å². The number of aromatic amines is 1. The molecule has 1 aromatic heterocycles. The van der Waals surface area contributed by atoms with Gasteiger partial charge in [-0.2, -0.15) is 0 Å². The highest BCUT2D eigenvalue weighted by atomic mass is 127. The Morgan fingerprint density at radius 2 is 2.23 bits per heavy atom. The van der Waals surface area contributed by atoms with Crippen LogP contribution in [-0.4, -0.2) is 12.1 Å². The van der Waals surface area contributed by atoms with Crippen LogP contribution in [0.1, 0.15) is 12.0 Å². The van der Waals surface area contributed by atoms with Crippen molar-refractivity contribution >= 4 is 22.6 Å². The van der Waals surface area contributed by atoms with Crippen molar-refractivity contribution in [3.8, 4) is 5.75 Å². The van der Waals surface area contributed by atoms with Crippen molar-refractivity contribution in [1.82, 2.24) is 4.98 Å². The highest BCUT2D eigenvalue weighted by Gasteiger charge is 2.15. The number of aromatic nitrogens is 1. The lowest BCUT2D eigenvalue weighted by Crippen LogP contribution is -2.14. The molecule has 0 aliphatic rings. The number of methoxy groups -OCH3 is 1. The molecule has 1 N–H and O–H groups in total. The molecule has 0 aromatic carbocycles. The SMILES string of the molecule is COc1cc(C(F)F)c(=O)[nH]c1I. The average molecular weight is 301 g/mol. The number of H-pyrrole nitrogens is 1. The van der Waals surface area contributed by atoms with Gasteiger partial charge in [0.1, 0.15) is 9.45 Å². The van der Waals surface area contributed by atoms with Crippen LogP contribution < -0.4 is 10.3 Å². The summed E-state index contributed by atoms with van der Waals surface area (Å²) in [5.41, 5.74) is -1.35. The Balaban J connectivity index is 3.31. The van der Waals surface area contributed by atoms with Crippen molar-refractivity contribution in [3.05, 3.63) is 25.7 Å². The van der Waals surface area contributed by atoms with E-state index in [1.54, 1.807) is 22.6 Å². The molecular weight excluding hydrogens is 295 g/mol. The Hall–Kier alpha value is -0.660. The van der Waals surface area contributed by atoms with Gasteiger partial charge >= 0.3 is 0 Å². The number of pyridine rings is 1. The van der Waals surface area contributed by atoms with Gasteiger partial charge in [-0.1, -0.05) is 0 Å². The average Bonchev–Trinajstić information content (AvgIpc) is 2.03. The molecular formula is C7H6F2INO2.